The van der Waals surface area contributed by atoms with Gasteiger partial charge in [-0.15, -0.1) is 0 Å². The Bertz CT molecular complexity index is 177. The largest absolute Gasteiger partial charge is 0.509 e. The predicted molar refractivity (Wildman–Crippen MR) is 39.7 cm³/mol. The number of rotatable bonds is 0. The van der Waals surface area contributed by atoms with E-state index in [1.54, 1.807) is 6.92 Å². The van der Waals surface area contributed by atoms with E-state index in [9.17, 15) is 10.2 Å². The number of aliphatic hydroxyl groups is 2. The molecule has 2 N–H and O–H groups in total. The zero-order chi connectivity index (χ0) is 8.15. The Kier molecular flexibility index (Phi) is 1.19. The van der Waals surface area contributed by atoms with Crippen LogP contribution in [0.25, 0.3) is 0 Å². The highest BCUT2D eigenvalue weighted by atomic mass is 16.3. The van der Waals surface area contributed by atoms with E-state index in [1.807, 2.05) is 20.8 Å². The smallest absolute Gasteiger partial charge is 0.127 e. The van der Waals surface area contributed by atoms with Crippen LogP contribution in [0, 0.1) is 5.41 Å². The van der Waals surface area contributed by atoms with Gasteiger partial charge < -0.3 is 10.2 Å². The highest BCUT2D eigenvalue weighted by Crippen LogP contribution is 2.52. The van der Waals surface area contributed by atoms with Crippen molar-refractivity contribution in [2.24, 2.45) is 5.41 Å². The van der Waals surface area contributed by atoms with Crippen molar-refractivity contribution in [3.63, 3.8) is 0 Å². The fourth-order valence-corrected chi connectivity index (χ4v) is 1.26. The van der Waals surface area contributed by atoms with Crippen molar-refractivity contribution in [2.75, 3.05) is 0 Å². The van der Waals surface area contributed by atoms with Crippen molar-refractivity contribution in [2.45, 2.75) is 33.3 Å². The fraction of sp³-hybridized carbons (Fsp3) is 0.750. The third kappa shape index (κ3) is 0.528. The van der Waals surface area contributed by atoms with Gasteiger partial charge in [0, 0.05) is 5.41 Å². The molecule has 2 heteroatoms. The zero-order valence-electron chi connectivity index (χ0n) is 6.89. The molecule has 1 atom stereocenters. The summed E-state index contributed by atoms with van der Waals surface area (Å²) in [5, 5.41) is 18.8. The molecule has 0 spiro atoms. The molecular weight excluding hydrogens is 128 g/mol. The first-order valence-corrected chi connectivity index (χ1v) is 3.45. The average molecular weight is 142 g/mol. The van der Waals surface area contributed by atoms with Crippen LogP contribution in [-0.2, 0) is 0 Å². The maximum Gasteiger partial charge on any atom is 0.127 e. The highest BCUT2D eigenvalue weighted by molar-refractivity contribution is 5.38. The molecule has 0 aromatic carbocycles. The van der Waals surface area contributed by atoms with Gasteiger partial charge in [0.25, 0.3) is 0 Å². The van der Waals surface area contributed by atoms with Crippen molar-refractivity contribution in [1.29, 1.82) is 0 Å². The molecule has 0 bridgehead atoms. The lowest BCUT2D eigenvalue weighted by Crippen LogP contribution is -2.53. The molecule has 1 rings (SSSR count). The number of aliphatic hydroxyl groups excluding tert-OH is 1. The Morgan fingerprint density at radius 2 is 1.60 bits per heavy atom. The molecule has 1 aliphatic carbocycles. The Balaban J connectivity index is 3.10. The molecule has 0 radical (unpaired) electrons. The first-order chi connectivity index (χ1) is 4.32. The van der Waals surface area contributed by atoms with Crippen LogP contribution in [0.3, 0.4) is 0 Å². The van der Waals surface area contributed by atoms with Crippen LogP contribution >= 0.6 is 0 Å². The van der Waals surface area contributed by atoms with Gasteiger partial charge in [-0.1, -0.05) is 13.8 Å². The number of hydrogen-bond donors (Lipinski definition) is 2. The lowest BCUT2D eigenvalue weighted by Gasteiger charge is -2.49. The van der Waals surface area contributed by atoms with Gasteiger partial charge in [0.05, 0.1) is 0 Å². The molecule has 0 heterocycles. The maximum atomic E-state index is 9.57. The standard InChI is InChI=1S/C8H14O2/c1-5-6(9)8(4,10)7(5,2)3/h9-10H,1-4H3. The first-order valence-electron chi connectivity index (χ1n) is 3.45. The lowest BCUT2D eigenvalue weighted by molar-refractivity contribution is -0.0696. The lowest BCUT2D eigenvalue weighted by atomic mass is 9.60. The van der Waals surface area contributed by atoms with Crippen molar-refractivity contribution in [3.8, 4) is 0 Å². The molecule has 1 aliphatic rings. The van der Waals surface area contributed by atoms with E-state index in [0.29, 0.717) is 0 Å². The minimum Gasteiger partial charge on any atom is -0.509 e. The molecule has 0 fully saturated rings. The summed E-state index contributed by atoms with van der Waals surface area (Å²) >= 11 is 0. The van der Waals surface area contributed by atoms with Gasteiger partial charge in [-0.05, 0) is 19.4 Å². The van der Waals surface area contributed by atoms with E-state index in [1.165, 1.54) is 0 Å². The Morgan fingerprint density at radius 3 is 1.70 bits per heavy atom. The monoisotopic (exact) mass is 142 g/mol. The third-order valence-electron chi connectivity index (χ3n) is 2.97. The molecule has 0 aromatic rings. The zero-order valence-corrected chi connectivity index (χ0v) is 6.89. The molecule has 10 heavy (non-hydrogen) atoms. The van der Waals surface area contributed by atoms with Gasteiger partial charge >= 0.3 is 0 Å². The van der Waals surface area contributed by atoms with Crippen molar-refractivity contribution in [1.82, 2.24) is 0 Å². The quantitative estimate of drug-likeness (QED) is 0.539. The Hall–Kier alpha value is -0.500. The van der Waals surface area contributed by atoms with Gasteiger partial charge in [0.15, 0.2) is 0 Å². The molecule has 0 amide bonds. The van der Waals surface area contributed by atoms with Gasteiger partial charge in [-0.3, -0.25) is 0 Å². The normalized spacial score (nSPS) is 37.7. The van der Waals surface area contributed by atoms with Crippen LogP contribution in [0.1, 0.15) is 27.7 Å². The summed E-state index contributed by atoms with van der Waals surface area (Å²) in [6, 6.07) is 0. The second-order valence-corrected chi connectivity index (χ2v) is 3.67. The van der Waals surface area contributed by atoms with Crippen LogP contribution in [0.15, 0.2) is 11.3 Å². The molecule has 0 aliphatic heterocycles. The summed E-state index contributed by atoms with van der Waals surface area (Å²) in [4.78, 5) is 0. The average Bonchev–Trinajstić information content (AvgIpc) is 1.84. The van der Waals surface area contributed by atoms with E-state index >= 15 is 0 Å². The molecule has 0 saturated carbocycles. The van der Waals surface area contributed by atoms with E-state index < -0.39 is 5.60 Å². The van der Waals surface area contributed by atoms with Gasteiger partial charge in [0.1, 0.15) is 11.4 Å². The van der Waals surface area contributed by atoms with E-state index in [2.05, 4.69) is 0 Å². The topological polar surface area (TPSA) is 40.5 Å². The van der Waals surface area contributed by atoms with E-state index in [-0.39, 0.29) is 11.2 Å². The summed E-state index contributed by atoms with van der Waals surface area (Å²) < 4.78 is 0. The predicted octanol–water partition coefficient (Wildman–Crippen LogP) is 1.61. The number of hydrogen-bond acceptors (Lipinski definition) is 2. The SMILES string of the molecule is CC1=C(O)C(C)(O)C1(C)C. The fourth-order valence-electron chi connectivity index (χ4n) is 1.26. The summed E-state index contributed by atoms with van der Waals surface area (Å²) in [7, 11) is 0. The van der Waals surface area contributed by atoms with Crippen LogP contribution in [-0.4, -0.2) is 15.8 Å². The molecule has 58 valence electrons. The van der Waals surface area contributed by atoms with Gasteiger partial charge in [0.2, 0.25) is 0 Å². The second-order valence-electron chi connectivity index (χ2n) is 3.67. The second kappa shape index (κ2) is 1.56. The molecule has 1 unspecified atom stereocenters. The van der Waals surface area contributed by atoms with Crippen molar-refractivity contribution >= 4 is 0 Å². The Morgan fingerprint density at radius 1 is 1.20 bits per heavy atom. The maximum absolute atomic E-state index is 9.57. The van der Waals surface area contributed by atoms with Crippen LogP contribution in [0.2, 0.25) is 0 Å². The van der Waals surface area contributed by atoms with Gasteiger partial charge in [-0.2, -0.15) is 0 Å². The Labute approximate surface area is 61.2 Å². The summed E-state index contributed by atoms with van der Waals surface area (Å²) in [5.74, 6) is 0.137. The molecule has 0 aromatic heterocycles. The summed E-state index contributed by atoms with van der Waals surface area (Å²) in [6.07, 6.45) is 0. The molecular formula is C8H14O2. The third-order valence-corrected chi connectivity index (χ3v) is 2.97. The van der Waals surface area contributed by atoms with E-state index in [4.69, 9.17) is 0 Å². The molecule has 0 saturated heterocycles. The van der Waals surface area contributed by atoms with Crippen LogP contribution in [0.4, 0.5) is 0 Å². The first kappa shape index (κ1) is 7.61. The van der Waals surface area contributed by atoms with Crippen LogP contribution < -0.4 is 0 Å². The van der Waals surface area contributed by atoms with Crippen molar-refractivity contribution in [3.05, 3.63) is 11.3 Å². The minimum absolute atomic E-state index is 0.137. The molecule has 2 nitrogen and oxygen atoms in total. The van der Waals surface area contributed by atoms with Crippen molar-refractivity contribution < 1.29 is 10.2 Å². The minimum atomic E-state index is -1.02. The van der Waals surface area contributed by atoms with Crippen LogP contribution in [0.5, 0.6) is 0 Å². The highest BCUT2D eigenvalue weighted by Gasteiger charge is 2.54. The van der Waals surface area contributed by atoms with Gasteiger partial charge in [-0.25, -0.2) is 0 Å². The summed E-state index contributed by atoms with van der Waals surface area (Å²) in [5.41, 5.74) is -0.397. The van der Waals surface area contributed by atoms with E-state index in [0.717, 1.165) is 5.57 Å². The summed E-state index contributed by atoms with van der Waals surface area (Å²) in [6.45, 7) is 7.31.